The van der Waals surface area contributed by atoms with Crippen LogP contribution in [0.1, 0.15) is 10.4 Å². The molecule has 0 fully saturated rings. The second-order valence-electron chi connectivity index (χ2n) is 6.83. The van der Waals surface area contributed by atoms with Crippen molar-refractivity contribution >= 4 is 50.7 Å². The summed E-state index contributed by atoms with van der Waals surface area (Å²) in [7, 11) is 3.74. The number of aliphatic hydroxyl groups excluding tert-OH is 1. The molecule has 1 aromatic heterocycles. The van der Waals surface area contributed by atoms with E-state index in [1.54, 1.807) is 13.1 Å². The zero-order valence-corrected chi connectivity index (χ0v) is 19.1. The molecule has 5 N–H and O–H groups in total. The first-order valence-electron chi connectivity index (χ1n) is 10.0. The number of fused-ring (bicyclic) bond motifs is 2. The normalized spacial score (nSPS) is 10.2. The van der Waals surface area contributed by atoms with Crippen LogP contribution in [0.25, 0.3) is 21.8 Å². The zero-order chi connectivity index (χ0) is 24.4. The number of aliphatic hydroxyl groups is 1. The number of nitrogens with one attached hydrogen (secondary N) is 3. The zero-order valence-electron chi connectivity index (χ0n) is 18.2. The minimum atomic E-state index is -1.50. The number of nitrogens with zero attached hydrogens (tertiary/aromatic N) is 3. The lowest BCUT2D eigenvalue weighted by Crippen LogP contribution is -2.37. The van der Waals surface area contributed by atoms with E-state index in [9.17, 15) is 4.79 Å². The number of hydrogen-bond acceptors (Lipinski definition) is 7. The fourth-order valence-corrected chi connectivity index (χ4v) is 3.28. The van der Waals surface area contributed by atoms with Gasteiger partial charge in [-0.2, -0.15) is 0 Å². The molecule has 0 aliphatic rings. The Labute approximate surface area is 195 Å². The third kappa shape index (κ3) is 6.85. The molecule has 12 heteroatoms. The SMILES string of the molecule is CNC(=S)N(C)CCNc1c2ccccc2nc2c(C(=O)NCCO)cccc12.O=[N+]([O-])O. The molecular formula is C21H26N6O5S. The number of hydrogen-bond donors (Lipinski definition) is 5. The van der Waals surface area contributed by atoms with Gasteiger partial charge in [-0.3, -0.25) is 4.79 Å². The van der Waals surface area contributed by atoms with E-state index < -0.39 is 5.09 Å². The third-order valence-corrected chi connectivity index (χ3v) is 5.18. The van der Waals surface area contributed by atoms with Crippen molar-refractivity contribution in [2.45, 2.75) is 0 Å². The molecule has 0 radical (unpaired) electrons. The summed E-state index contributed by atoms with van der Waals surface area (Å²) < 4.78 is 0. The van der Waals surface area contributed by atoms with Gasteiger partial charge in [-0.15, -0.1) is 10.1 Å². The highest BCUT2D eigenvalue weighted by atomic mass is 32.1. The van der Waals surface area contributed by atoms with E-state index in [1.165, 1.54) is 0 Å². The maximum Gasteiger partial charge on any atom is 0.291 e. The third-order valence-electron chi connectivity index (χ3n) is 4.66. The quantitative estimate of drug-likeness (QED) is 0.148. The van der Waals surface area contributed by atoms with Gasteiger partial charge >= 0.3 is 0 Å². The minimum Gasteiger partial charge on any atom is -0.395 e. The molecule has 11 nitrogen and oxygen atoms in total. The van der Waals surface area contributed by atoms with E-state index in [4.69, 9.17) is 37.6 Å². The number of carbonyl (C=O) groups excluding carboxylic acids is 1. The second-order valence-corrected chi connectivity index (χ2v) is 7.21. The van der Waals surface area contributed by atoms with Crippen LogP contribution in [0.5, 0.6) is 0 Å². The Morgan fingerprint density at radius 1 is 1.18 bits per heavy atom. The van der Waals surface area contributed by atoms with E-state index in [2.05, 4.69) is 16.0 Å². The van der Waals surface area contributed by atoms with Crippen molar-refractivity contribution in [3.05, 3.63) is 58.1 Å². The highest BCUT2D eigenvalue weighted by Crippen LogP contribution is 2.32. The fraction of sp³-hybridized carbons (Fsp3) is 0.286. The maximum atomic E-state index is 12.6. The molecule has 0 saturated heterocycles. The van der Waals surface area contributed by atoms with Crippen molar-refractivity contribution in [2.24, 2.45) is 0 Å². The van der Waals surface area contributed by atoms with Crippen molar-refractivity contribution in [2.75, 3.05) is 45.7 Å². The van der Waals surface area contributed by atoms with E-state index >= 15 is 0 Å². The number of amides is 1. The summed E-state index contributed by atoms with van der Waals surface area (Å²) in [6.45, 7) is 1.48. The number of pyridine rings is 1. The van der Waals surface area contributed by atoms with E-state index in [1.807, 2.05) is 48.3 Å². The Hall–Kier alpha value is -3.77. The Morgan fingerprint density at radius 3 is 2.52 bits per heavy atom. The Morgan fingerprint density at radius 2 is 1.85 bits per heavy atom. The van der Waals surface area contributed by atoms with Gasteiger partial charge in [0.1, 0.15) is 0 Å². The molecule has 0 aliphatic heterocycles. The van der Waals surface area contributed by atoms with Crippen LogP contribution in [0.4, 0.5) is 5.69 Å². The highest BCUT2D eigenvalue weighted by Gasteiger charge is 2.15. The van der Waals surface area contributed by atoms with Gasteiger partial charge in [0.25, 0.3) is 11.0 Å². The number of para-hydroxylation sites is 2. The molecule has 1 amide bonds. The van der Waals surface area contributed by atoms with Gasteiger partial charge in [-0.05, 0) is 24.4 Å². The largest absolute Gasteiger partial charge is 0.395 e. The predicted octanol–water partition coefficient (Wildman–Crippen LogP) is 1.61. The monoisotopic (exact) mass is 474 g/mol. The molecule has 0 spiro atoms. The van der Waals surface area contributed by atoms with Gasteiger partial charge in [-0.25, -0.2) is 4.98 Å². The molecule has 0 atom stereocenters. The standard InChI is InChI=1S/C21H25N5O2S.HNO3/c1-22-21(29)26(2)12-10-23-18-14-6-3-4-9-17(14)25-19-15(18)7-5-8-16(19)20(28)24-11-13-27;2-1(3)4/h3-9,27H,10-13H2,1-2H3,(H,22,29)(H,23,25)(H,24,28);(H,2,3,4). The van der Waals surface area contributed by atoms with Gasteiger partial charge in [0.2, 0.25) is 0 Å². The fourth-order valence-electron chi connectivity index (χ4n) is 3.19. The maximum absolute atomic E-state index is 12.6. The number of carbonyl (C=O) groups is 1. The lowest BCUT2D eigenvalue weighted by atomic mass is 10.0. The minimum absolute atomic E-state index is 0.109. The molecule has 2 aromatic carbocycles. The van der Waals surface area contributed by atoms with Crippen LogP contribution in [0.3, 0.4) is 0 Å². The summed E-state index contributed by atoms with van der Waals surface area (Å²) in [5, 5.41) is 34.4. The summed E-state index contributed by atoms with van der Waals surface area (Å²) in [5.74, 6) is -0.252. The van der Waals surface area contributed by atoms with E-state index in [0.29, 0.717) is 29.3 Å². The number of anilines is 1. The molecule has 3 rings (SSSR count). The smallest absolute Gasteiger partial charge is 0.291 e. The van der Waals surface area contributed by atoms with Crippen LogP contribution in [0.2, 0.25) is 0 Å². The van der Waals surface area contributed by atoms with Crippen LogP contribution in [-0.2, 0) is 0 Å². The van der Waals surface area contributed by atoms with Gasteiger partial charge in [-0.1, -0.05) is 30.3 Å². The second kappa shape index (κ2) is 12.3. The number of aromatic nitrogens is 1. The van der Waals surface area contributed by atoms with Gasteiger partial charge < -0.3 is 31.2 Å². The van der Waals surface area contributed by atoms with Crippen LogP contribution in [-0.4, -0.2) is 76.6 Å². The van der Waals surface area contributed by atoms with Crippen LogP contribution < -0.4 is 16.0 Å². The molecule has 0 saturated carbocycles. The van der Waals surface area contributed by atoms with Gasteiger partial charge in [0.15, 0.2) is 5.11 Å². The highest BCUT2D eigenvalue weighted by molar-refractivity contribution is 7.80. The molecule has 0 unspecified atom stereocenters. The Balaban J connectivity index is 0.000000890. The van der Waals surface area contributed by atoms with E-state index in [-0.39, 0.29) is 19.1 Å². The van der Waals surface area contributed by atoms with Crippen molar-refractivity contribution in [1.82, 2.24) is 20.5 Å². The van der Waals surface area contributed by atoms with Crippen LogP contribution >= 0.6 is 12.2 Å². The summed E-state index contributed by atoms with van der Waals surface area (Å²) in [6.07, 6.45) is 0. The van der Waals surface area contributed by atoms with Crippen LogP contribution in [0, 0.1) is 10.1 Å². The van der Waals surface area contributed by atoms with Crippen molar-refractivity contribution in [3.8, 4) is 0 Å². The average molecular weight is 475 g/mol. The number of thiocarbonyl (C=S) groups is 1. The molecule has 1 heterocycles. The molecule has 33 heavy (non-hydrogen) atoms. The van der Waals surface area contributed by atoms with Crippen molar-refractivity contribution in [3.63, 3.8) is 0 Å². The average Bonchev–Trinajstić information content (AvgIpc) is 2.80. The number of rotatable bonds is 7. The van der Waals surface area contributed by atoms with Gasteiger partial charge in [0, 0.05) is 44.5 Å². The van der Waals surface area contributed by atoms with Crippen molar-refractivity contribution in [1.29, 1.82) is 0 Å². The molecule has 3 aromatic rings. The van der Waals surface area contributed by atoms with E-state index in [0.717, 1.165) is 22.0 Å². The van der Waals surface area contributed by atoms with Crippen LogP contribution in [0.15, 0.2) is 42.5 Å². The summed E-state index contributed by atoms with van der Waals surface area (Å²) >= 11 is 5.26. The number of likely N-dealkylation sites (N-methyl/N-ethyl adjacent to an activating group) is 1. The van der Waals surface area contributed by atoms with Crippen molar-refractivity contribution < 1.29 is 20.2 Å². The first kappa shape index (κ1) is 25.5. The molecule has 176 valence electrons. The lowest BCUT2D eigenvalue weighted by molar-refractivity contribution is -0.742. The number of benzene rings is 2. The molecule has 0 aliphatic carbocycles. The first-order chi connectivity index (χ1) is 15.8. The Bertz CT molecular complexity index is 1140. The predicted molar refractivity (Wildman–Crippen MR) is 130 cm³/mol. The summed E-state index contributed by atoms with van der Waals surface area (Å²) in [4.78, 5) is 27.6. The Kier molecular flexibility index (Phi) is 9.51. The summed E-state index contributed by atoms with van der Waals surface area (Å²) in [6, 6.07) is 13.4. The van der Waals surface area contributed by atoms with Gasteiger partial charge in [0.05, 0.1) is 28.9 Å². The molecular weight excluding hydrogens is 448 g/mol. The molecule has 0 bridgehead atoms. The lowest BCUT2D eigenvalue weighted by Gasteiger charge is -2.21. The topological polar surface area (TPSA) is 153 Å². The summed E-state index contributed by atoms with van der Waals surface area (Å²) in [5.41, 5.74) is 2.86. The first-order valence-corrected chi connectivity index (χ1v) is 10.4.